The molecule has 0 aromatic heterocycles. The molecule has 1 fully saturated rings. The van der Waals surface area contributed by atoms with Gasteiger partial charge in [-0.1, -0.05) is 6.42 Å². The summed E-state index contributed by atoms with van der Waals surface area (Å²) in [6, 6.07) is 3.19. The van der Waals surface area contributed by atoms with Crippen molar-refractivity contribution in [3.05, 3.63) is 44.0 Å². The van der Waals surface area contributed by atoms with Gasteiger partial charge in [-0.25, -0.2) is 0 Å². The van der Waals surface area contributed by atoms with Crippen LogP contribution in [0, 0.1) is 20.2 Å². The summed E-state index contributed by atoms with van der Waals surface area (Å²) in [5, 5.41) is 27.5. The summed E-state index contributed by atoms with van der Waals surface area (Å²) in [5.74, 6) is -0.319. The molecule has 1 aliphatic carbocycles. The van der Waals surface area contributed by atoms with Gasteiger partial charge in [0.15, 0.2) is 0 Å². The fourth-order valence-corrected chi connectivity index (χ4v) is 3.25. The van der Waals surface area contributed by atoms with Gasteiger partial charge in [-0.2, -0.15) is 5.01 Å². The van der Waals surface area contributed by atoms with Crippen LogP contribution in [0.5, 0.6) is 0 Å². The Labute approximate surface area is 142 Å². The maximum absolute atomic E-state index is 12.0. The second kappa shape index (κ2) is 6.11. The third kappa shape index (κ3) is 3.02. The van der Waals surface area contributed by atoms with E-state index < -0.39 is 26.9 Å². The standard InChI is InChI=1S/C15H16N4O6/c1-10(20)17-15(5-3-2-4-6-15)25-14(16-17)11-7-12(18(21)22)9-13(8-11)19(23)24/h7-9H,2-6H2,1H3. The molecular weight excluding hydrogens is 332 g/mol. The van der Waals surface area contributed by atoms with E-state index in [9.17, 15) is 25.0 Å². The number of ether oxygens (including phenoxy) is 1. The lowest BCUT2D eigenvalue weighted by molar-refractivity contribution is -0.394. The van der Waals surface area contributed by atoms with Gasteiger partial charge in [0.1, 0.15) is 0 Å². The summed E-state index contributed by atoms with van der Waals surface area (Å²) in [5.41, 5.74) is -1.67. The van der Waals surface area contributed by atoms with Gasteiger partial charge in [0.05, 0.1) is 21.5 Å². The molecule has 0 unspecified atom stereocenters. The number of rotatable bonds is 3. The minimum atomic E-state index is -0.904. The molecule has 10 nitrogen and oxygen atoms in total. The van der Waals surface area contributed by atoms with E-state index >= 15 is 0 Å². The third-order valence-corrected chi connectivity index (χ3v) is 4.37. The van der Waals surface area contributed by atoms with Crippen LogP contribution in [0.2, 0.25) is 0 Å². The summed E-state index contributed by atoms with van der Waals surface area (Å²) in [6.45, 7) is 1.36. The molecule has 1 amide bonds. The van der Waals surface area contributed by atoms with E-state index in [1.165, 1.54) is 11.9 Å². The SMILES string of the molecule is CC(=O)N1N=C(c2cc([N+](=O)[O-])cc([N+](=O)[O-])c2)OC12CCCCC2. The third-order valence-electron chi connectivity index (χ3n) is 4.37. The van der Waals surface area contributed by atoms with Crippen LogP contribution >= 0.6 is 0 Å². The number of benzene rings is 1. The molecule has 1 aromatic rings. The molecule has 1 aromatic carbocycles. The molecule has 1 heterocycles. The van der Waals surface area contributed by atoms with Crippen molar-refractivity contribution in [1.29, 1.82) is 0 Å². The summed E-state index contributed by atoms with van der Waals surface area (Å²) in [6.07, 6.45) is 3.94. The molecule has 0 radical (unpaired) electrons. The highest BCUT2D eigenvalue weighted by Gasteiger charge is 2.48. The van der Waals surface area contributed by atoms with Crippen LogP contribution in [0.4, 0.5) is 11.4 Å². The van der Waals surface area contributed by atoms with E-state index in [0.717, 1.165) is 37.5 Å². The van der Waals surface area contributed by atoms with Crippen molar-refractivity contribution in [3.63, 3.8) is 0 Å². The molecule has 0 N–H and O–H groups in total. The van der Waals surface area contributed by atoms with Crippen LogP contribution in [0.15, 0.2) is 23.3 Å². The minimum absolute atomic E-state index is 0.0103. The molecule has 0 atom stereocenters. The highest BCUT2D eigenvalue weighted by atomic mass is 16.6. The number of non-ortho nitro benzene ring substituents is 2. The van der Waals surface area contributed by atoms with E-state index in [4.69, 9.17) is 4.74 Å². The highest BCUT2D eigenvalue weighted by Crippen LogP contribution is 2.40. The molecule has 1 aliphatic heterocycles. The van der Waals surface area contributed by atoms with Crippen molar-refractivity contribution in [1.82, 2.24) is 5.01 Å². The van der Waals surface area contributed by atoms with Crippen LogP contribution in [-0.4, -0.2) is 32.4 Å². The molecule has 10 heteroatoms. The molecule has 0 saturated heterocycles. The molecule has 0 bridgehead atoms. The Hall–Kier alpha value is -3.04. The van der Waals surface area contributed by atoms with Gasteiger partial charge in [0.2, 0.25) is 17.5 Å². The Morgan fingerprint density at radius 2 is 1.68 bits per heavy atom. The summed E-state index contributed by atoms with van der Waals surface area (Å²) in [4.78, 5) is 32.6. The van der Waals surface area contributed by atoms with Crippen molar-refractivity contribution in [2.45, 2.75) is 44.8 Å². The maximum atomic E-state index is 12.0. The van der Waals surface area contributed by atoms with Crippen LogP contribution in [0.25, 0.3) is 0 Å². The highest BCUT2D eigenvalue weighted by molar-refractivity contribution is 5.97. The van der Waals surface area contributed by atoms with Gasteiger partial charge in [0.25, 0.3) is 11.4 Å². The molecule has 1 spiro atoms. The first kappa shape index (κ1) is 16.8. The Balaban J connectivity index is 2.04. The Morgan fingerprint density at radius 1 is 1.12 bits per heavy atom. The van der Waals surface area contributed by atoms with E-state index in [2.05, 4.69) is 5.10 Å². The number of carbonyl (C=O) groups is 1. The molecule has 25 heavy (non-hydrogen) atoms. The minimum Gasteiger partial charge on any atom is -0.447 e. The van der Waals surface area contributed by atoms with Crippen LogP contribution in [0.1, 0.15) is 44.6 Å². The predicted molar refractivity (Wildman–Crippen MR) is 85.7 cm³/mol. The number of hydrazone groups is 1. The van der Waals surface area contributed by atoms with Crippen LogP contribution in [-0.2, 0) is 9.53 Å². The maximum Gasteiger partial charge on any atom is 0.277 e. The molecular formula is C15H16N4O6. The Kier molecular flexibility index (Phi) is 4.11. The van der Waals surface area contributed by atoms with Gasteiger partial charge in [-0.3, -0.25) is 25.0 Å². The van der Waals surface area contributed by atoms with E-state index in [-0.39, 0.29) is 17.4 Å². The average Bonchev–Trinajstić information content (AvgIpc) is 2.94. The normalized spacial score (nSPS) is 18.6. The van der Waals surface area contributed by atoms with E-state index in [0.29, 0.717) is 12.8 Å². The van der Waals surface area contributed by atoms with Crippen LogP contribution < -0.4 is 0 Å². The lowest BCUT2D eigenvalue weighted by Crippen LogP contribution is -2.48. The van der Waals surface area contributed by atoms with Gasteiger partial charge in [-0.05, 0) is 12.8 Å². The first-order valence-corrected chi connectivity index (χ1v) is 7.85. The topological polar surface area (TPSA) is 128 Å². The number of carbonyl (C=O) groups excluding carboxylic acids is 1. The average molecular weight is 348 g/mol. The number of nitro benzene ring substituents is 2. The van der Waals surface area contributed by atoms with E-state index in [1.54, 1.807) is 0 Å². The summed E-state index contributed by atoms with van der Waals surface area (Å²) >= 11 is 0. The Bertz CT molecular complexity index is 752. The second-order valence-corrected chi connectivity index (χ2v) is 6.10. The zero-order valence-electron chi connectivity index (χ0n) is 13.5. The van der Waals surface area contributed by atoms with Crippen molar-refractivity contribution >= 4 is 23.2 Å². The zero-order valence-corrected chi connectivity index (χ0v) is 13.5. The number of hydrogen-bond acceptors (Lipinski definition) is 7. The first-order chi connectivity index (χ1) is 11.8. The van der Waals surface area contributed by atoms with Gasteiger partial charge < -0.3 is 4.74 Å². The molecule has 3 rings (SSSR count). The van der Waals surface area contributed by atoms with Crippen molar-refractivity contribution in [3.8, 4) is 0 Å². The first-order valence-electron chi connectivity index (χ1n) is 7.85. The second-order valence-electron chi connectivity index (χ2n) is 6.10. The van der Waals surface area contributed by atoms with E-state index in [1.807, 2.05) is 0 Å². The number of amides is 1. The molecule has 1 saturated carbocycles. The van der Waals surface area contributed by atoms with Gasteiger partial charge >= 0.3 is 0 Å². The van der Waals surface area contributed by atoms with Gasteiger partial charge in [-0.15, -0.1) is 5.10 Å². The predicted octanol–water partition coefficient (Wildman–Crippen LogP) is 2.70. The summed E-state index contributed by atoms with van der Waals surface area (Å²) in [7, 11) is 0. The lowest BCUT2D eigenvalue weighted by Gasteiger charge is -2.37. The lowest BCUT2D eigenvalue weighted by atomic mass is 9.91. The smallest absolute Gasteiger partial charge is 0.277 e. The van der Waals surface area contributed by atoms with Crippen LogP contribution in [0.3, 0.4) is 0 Å². The fourth-order valence-electron chi connectivity index (χ4n) is 3.25. The van der Waals surface area contributed by atoms with Crippen molar-refractivity contribution in [2.24, 2.45) is 5.10 Å². The van der Waals surface area contributed by atoms with Crippen molar-refractivity contribution < 1.29 is 19.4 Å². The Morgan fingerprint density at radius 3 is 2.16 bits per heavy atom. The zero-order chi connectivity index (χ0) is 18.2. The quantitative estimate of drug-likeness (QED) is 0.610. The number of nitro groups is 2. The number of hydrogen-bond donors (Lipinski definition) is 0. The monoisotopic (exact) mass is 348 g/mol. The number of nitrogens with zero attached hydrogens (tertiary/aromatic N) is 4. The largest absolute Gasteiger partial charge is 0.447 e. The molecule has 2 aliphatic rings. The van der Waals surface area contributed by atoms with Crippen molar-refractivity contribution in [2.75, 3.05) is 0 Å². The van der Waals surface area contributed by atoms with Gasteiger partial charge in [0, 0.05) is 31.9 Å². The summed E-state index contributed by atoms with van der Waals surface area (Å²) < 4.78 is 5.93. The molecule has 132 valence electrons. The fraction of sp³-hybridized carbons (Fsp3) is 0.467.